The number of aliphatic hydroxyl groups is 10. The molecule has 186 valence electrons. The molecule has 0 unspecified atom stereocenters. The second-order valence-corrected chi connectivity index (χ2v) is 4.99. The van der Waals surface area contributed by atoms with E-state index in [2.05, 4.69) is 0 Å². The van der Waals surface area contributed by atoms with Gasteiger partial charge in [-0.3, -0.25) is 0 Å². The summed E-state index contributed by atoms with van der Waals surface area (Å²) in [6, 6.07) is 0. The van der Waals surface area contributed by atoms with Crippen LogP contribution in [-0.2, 0) is 26.7 Å². The molecular formula is C12H28FeO17. The second-order valence-electron chi connectivity index (χ2n) is 4.99. The Morgan fingerprint density at radius 2 is 0.767 bits per heavy atom. The van der Waals surface area contributed by atoms with Crippen LogP contribution in [0.25, 0.3) is 0 Å². The SMILES string of the molecule is O.O.O.O=C([O-])[C@H](O)[C@@H](O)[C@H](O)[C@H](O)CO.O=C([O-])[C@H](O)[C@@H](O)[C@H](O)[C@H](O)CO.[Fe+2]. The molecule has 0 aromatic rings. The molecule has 0 saturated carbocycles. The third kappa shape index (κ3) is 14.8. The van der Waals surface area contributed by atoms with Gasteiger partial charge in [0.1, 0.15) is 48.8 Å². The molecule has 0 aromatic heterocycles. The number of hydrogen-bond acceptors (Lipinski definition) is 14. The van der Waals surface area contributed by atoms with E-state index < -0.39 is 74.0 Å². The van der Waals surface area contributed by atoms with E-state index in [9.17, 15) is 19.8 Å². The molecule has 18 heteroatoms. The first-order chi connectivity index (χ1) is 11.8. The molecule has 16 N–H and O–H groups in total. The van der Waals surface area contributed by atoms with Gasteiger partial charge in [0, 0.05) is 0 Å². The van der Waals surface area contributed by atoms with Crippen LogP contribution in [0.4, 0.5) is 0 Å². The van der Waals surface area contributed by atoms with Crippen molar-refractivity contribution in [1.29, 1.82) is 0 Å². The maximum Gasteiger partial charge on any atom is 2.00 e. The predicted molar refractivity (Wildman–Crippen MR) is 83.1 cm³/mol. The number of carboxylic acids is 2. The number of carboxylic acid groups (broad SMARTS) is 2. The Morgan fingerprint density at radius 1 is 0.567 bits per heavy atom. The Morgan fingerprint density at radius 3 is 0.900 bits per heavy atom. The minimum Gasteiger partial charge on any atom is -0.547 e. The summed E-state index contributed by atoms with van der Waals surface area (Å²) in [5.41, 5.74) is 0. The number of aliphatic carboxylic acids is 2. The molecule has 0 bridgehead atoms. The fraction of sp³-hybridized carbons (Fsp3) is 0.833. The van der Waals surface area contributed by atoms with Gasteiger partial charge in [-0.2, -0.15) is 0 Å². The third-order valence-electron chi connectivity index (χ3n) is 2.99. The summed E-state index contributed by atoms with van der Waals surface area (Å²) >= 11 is 0. The first kappa shape index (κ1) is 42.9. The largest absolute Gasteiger partial charge is 2.00 e. The molecule has 8 atom stereocenters. The fourth-order valence-corrected chi connectivity index (χ4v) is 1.32. The van der Waals surface area contributed by atoms with Crippen molar-refractivity contribution in [3.05, 3.63) is 0 Å². The van der Waals surface area contributed by atoms with Gasteiger partial charge in [-0.15, -0.1) is 0 Å². The summed E-state index contributed by atoms with van der Waals surface area (Å²) < 4.78 is 0. The van der Waals surface area contributed by atoms with E-state index in [0.29, 0.717) is 0 Å². The van der Waals surface area contributed by atoms with Crippen LogP contribution < -0.4 is 10.2 Å². The molecule has 0 heterocycles. The zero-order chi connectivity index (χ0) is 21.2. The van der Waals surface area contributed by atoms with Crippen LogP contribution in [0.15, 0.2) is 0 Å². The molecule has 0 spiro atoms. The van der Waals surface area contributed by atoms with Crippen LogP contribution in [0.2, 0.25) is 0 Å². The van der Waals surface area contributed by atoms with Gasteiger partial charge in [-0.05, 0) is 0 Å². The molecule has 0 amide bonds. The van der Waals surface area contributed by atoms with E-state index in [0.717, 1.165) is 0 Å². The molecule has 17 nitrogen and oxygen atoms in total. The Balaban J connectivity index is -0.0000000847. The molecule has 0 aromatic carbocycles. The van der Waals surface area contributed by atoms with Gasteiger partial charge < -0.3 is 87.3 Å². The number of rotatable bonds is 10. The van der Waals surface area contributed by atoms with Crippen molar-refractivity contribution in [3.8, 4) is 0 Å². The van der Waals surface area contributed by atoms with Gasteiger partial charge in [-0.1, -0.05) is 0 Å². The molecule has 0 radical (unpaired) electrons. The van der Waals surface area contributed by atoms with Crippen molar-refractivity contribution in [3.63, 3.8) is 0 Å². The van der Waals surface area contributed by atoms with Gasteiger partial charge in [0.15, 0.2) is 0 Å². The molecule has 0 aliphatic rings. The smallest absolute Gasteiger partial charge is 0.547 e. The number of carbonyl (C=O) groups is 2. The quantitative estimate of drug-likeness (QED) is 0.124. The van der Waals surface area contributed by atoms with Crippen LogP contribution in [0.1, 0.15) is 0 Å². The average Bonchev–Trinajstić information content (AvgIpc) is 2.62. The third-order valence-corrected chi connectivity index (χ3v) is 2.99. The standard InChI is InChI=1S/2C6H12O7.Fe.3H2O/c2*7-1-2(8)3(9)4(10)5(11)6(12)13;;;;/h2*2-5,7-11H,1H2,(H,12,13);;3*1H2/q;;+2;;;/p-2/t2*2-,3-,4+,5-;;;;/m11..../s1. The summed E-state index contributed by atoms with van der Waals surface area (Å²) in [5.74, 6) is -3.95. The summed E-state index contributed by atoms with van der Waals surface area (Å²) in [5, 5.41) is 107. The Bertz CT molecular complexity index is 388. The van der Waals surface area contributed by atoms with Gasteiger partial charge in [0.25, 0.3) is 0 Å². The Labute approximate surface area is 179 Å². The maximum absolute atomic E-state index is 9.98. The van der Waals surface area contributed by atoms with E-state index in [4.69, 9.17) is 51.1 Å². The molecule has 0 aliphatic carbocycles. The molecule has 30 heavy (non-hydrogen) atoms. The van der Waals surface area contributed by atoms with Crippen molar-refractivity contribution >= 4 is 11.9 Å². The zero-order valence-electron chi connectivity index (χ0n) is 15.0. The van der Waals surface area contributed by atoms with E-state index in [1.54, 1.807) is 0 Å². The van der Waals surface area contributed by atoms with Gasteiger partial charge in [0.05, 0.1) is 25.2 Å². The molecular weight excluding hydrogens is 472 g/mol. The first-order valence-corrected chi connectivity index (χ1v) is 6.91. The monoisotopic (exact) mass is 500 g/mol. The second kappa shape index (κ2) is 21.2. The van der Waals surface area contributed by atoms with Crippen molar-refractivity contribution < 1.29 is 104 Å². The van der Waals surface area contributed by atoms with E-state index in [-0.39, 0.29) is 33.5 Å². The van der Waals surface area contributed by atoms with Crippen molar-refractivity contribution in [1.82, 2.24) is 0 Å². The van der Waals surface area contributed by atoms with Crippen LogP contribution in [0, 0.1) is 0 Å². The van der Waals surface area contributed by atoms with Crippen LogP contribution in [-0.4, -0.2) is 141 Å². The van der Waals surface area contributed by atoms with Crippen molar-refractivity contribution in [2.45, 2.75) is 48.8 Å². The molecule has 0 saturated heterocycles. The minimum atomic E-state index is -2.31. The first-order valence-electron chi connectivity index (χ1n) is 6.91. The summed E-state index contributed by atoms with van der Waals surface area (Å²) in [6.07, 6.45) is -16.2. The fourth-order valence-electron chi connectivity index (χ4n) is 1.32. The zero-order valence-corrected chi connectivity index (χ0v) is 16.1. The van der Waals surface area contributed by atoms with E-state index in [1.807, 2.05) is 0 Å². The van der Waals surface area contributed by atoms with Gasteiger partial charge in [0.2, 0.25) is 0 Å². The predicted octanol–water partition coefficient (Wildman–Crippen LogP) is -12.1. The summed E-state index contributed by atoms with van der Waals surface area (Å²) in [6.45, 7) is -1.73. The van der Waals surface area contributed by atoms with Crippen LogP contribution >= 0.6 is 0 Å². The van der Waals surface area contributed by atoms with Crippen molar-refractivity contribution in [2.75, 3.05) is 13.2 Å². The van der Waals surface area contributed by atoms with Gasteiger partial charge >= 0.3 is 17.1 Å². The molecule has 0 fully saturated rings. The number of hydrogen-bond donors (Lipinski definition) is 10. The topological polar surface area (TPSA) is 377 Å². The van der Waals surface area contributed by atoms with Crippen molar-refractivity contribution in [2.24, 2.45) is 0 Å². The van der Waals surface area contributed by atoms with Gasteiger partial charge in [-0.25, -0.2) is 0 Å². The van der Waals surface area contributed by atoms with E-state index in [1.165, 1.54) is 0 Å². The normalized spacial score (nSPS) is 17.7. The number of carbonyl (C=O) groups excluding carboxylic acids is 2. The Hall–Kier alpha value is -1.06. The molecule has 0 aliphatic heterocycles. The summed E-state index contributed by atoms with van der Waals surface area (Å²) in [7, 11) is 0. The molecule has 0 rings (SSSR count). The van der Waals surface area contributed by atoms with Crippen LogP contribution in [0.3, 0.4) is 0 Å². The Kier molecular flexibility index (Phi) is 30.3. The minimum absolute atomic E-state index is 0. The number of aliphatic hydroxyl groups excluding tert-OH is 10. The van der Waals surface area contributed by atoms with E-state index >= 15 is 0 Å². The average molecular weight is 500 g/mol. The summed E-state index contributed by atoms with van der Waals surface area (Å²) in [4.78, 5) is 20.0. The van der Waals surface area contributed by atoms with Crippen LogP contribution in [0.5, 0.6) is 0 Å². The maximum atomic E-state index is 9.98.